The zero-order valence-corrected chi connectivity index (χ0v) is 17.1. The summed E-state index contributed by atoms with van der Waals surface area (Å²) in [4.78, 5) is 22.3. The average Bonchev–Trinajstić information content (AvgIpc) is 2.51. The van der Waals surface area contributed by atoms with Crippen molar-refractivity contribution in [2.75, 3.05) is 19.6 Å². The zero-order valence-electron chi connectivity index (χ0n) is 15.0. The molecule has 1 aliphatic heterocycles. The van der Waals surface area contributed by atoms with Gasteiger partial charge in [-0.05, 0) is 62.1 Å². The molecule has 0 bridgehead atoms. The topological polar surface area (TPSA) is 130 Å². The second kappa shape index (κ2) is 9.73. The molecule has 0 radical (unpaired) electrons. The Morgan fingerprint density at radius 2 is 1.96 bits per heavy atom. The third-order valence-electron chi connectivity index (χ3n) is 3.61. The van der Waals surface area contributed by atoms with Gasteiger partial charge >= 0.3 is 6.09 Å². The van der Waals surface area contributed by atoms with E-state index in [2.05, 4.69) is 9.98 Å². The van der Waals surface area contributed by atoms with Crippen molar-refractivity contribution in [2.45, 2.75) is 39.2 Å². The molecule has 1 amide bonds. The zero-order chi connectivity index (χ0) is 19.0. The van der Waals surface area contributed by atoms with Crippen molar-refractivity contribution in [1.82, 2.24) is 4.90 Å². The van der Waals surface area contributed by atoms with Gasteiger partial charge in [0.2, 0.25) is 0 Å². The van der Waals surface area contributed by atoms with Crippen molar-refractivity contribution >= 4 is 44.6 Å². The fourth-order valence-corrected chi connectivity index (χ4v) is 2.77. The minimum Gasteiger partial charge on any atom is -0.444 e. The molecule has 0 saturated carbocycles. The van der Waals surface area contributed by atoms with Gasteiger partial charge in [-0.25, -0.2) is 9.79 Å². The second-order valence-corrected chi connectivity index (χ2v) is 7.83. The Hall–Kier alpha value is -1.65. The van der Waals surface area contributed by atoms with Crippen LogP contribution in [0.5, 0.6) is 0 Å². The molecule has 5 N–H and O–H groups in total. The maximum atomic E-state index is 12.1. The molecule has 0 aromatic carbocycles. The molecule has 1 fully saturated rings. The monoisotopic (exact) mass is 462 g/mol. The van der Waals surface area contributed by atoms with Crippen molar-refractivity contribution in [3.8, 4) is 0 Å². The molecule has 1 aliphatic rings. The number of hydrogen-bond donors (Lipinski definition) is 3. The Bertz CT molecular complexity index is 572. The summed E-state index contributed by atoms with van der Waals surface area (Å²) in [6, 6.07) is 0. The number of likely N-dealkylation sites (tertiary alicyclic amines) is 1. The number of rotatable bonds is 4. The standard InChI is InChI=1S/C16H27IN6O2/c1-16(2,3)25-15(24)23-6-4-11(5-7-23)9-21-14(22-10-19)12(8-18)13(17)20/h8,10-11,20H,4-7,9,18H2,1-3H3,(H2,19,21,22)/b12-8+,20-13?. The van der Waals surface area contributed by atoms with E-state index < -0.39 is 5.60 Å². The smallest absolute Gasteiger partial charge is 0.410 e. The molecular formula is C16H27IN6O2. The van der Waals surface area contributed by atoms with Crippen LogP contribution in [0, 0.1) is 11.3 Å². The molecule has 1 rings (SSSR count). The van der Waals surface area contributed by atoms with Crippen molar-refractivity contribution < 1.29 is 9.53 Å². The molecule has 140 valence electrons. The number of amidine groups is 1. The number of halogens is 1. The Morgan fingerprint density at radius 1 is 1.36 bits per heavy atom. The highest BCUT2D eigenvalue weighted by molar-refractivity contribution is 14.1. The molecule has 0 aromatic heterocycles. The lowest BCUT2D eigenvalue weighted by Gasteiger charge is -2.33. The van der Waals surface area contributed by atoms with Crippen LogP contribution in [-0.4, -0.2) is 52.1 Å². The van der Waals surface area contributed by atoms with Crippen molar-refractivity contribution in [3.63, 3.8) is 0 Å². The number of nitrogens with two attached hydrogens (primary N) is 2. The van der Waals surface area contributed by atoms with Crippen molar-refractivity contribution in [2.24, 2.45) is 27.4 Å². The normalized spacial score (nSPS) is 17.8. The molecule has 9 heteroatoms. The number of aliphatic imine (C=N–C) groups is 2. The number of nitrogens with one attached hydrogen (secondary N) is 1. The van der Waals surface area contributed by atoms with Crippen LogP contribution in [0.4, 0.5) is 4.79 Å². The van der Waals surface area contributed by atoms with Crippen molar-refractivity contribution in [3.05, 3.63) is 11.8 Å². The molecule has 0 unspecified atom stereocenters. The van der Waals surface area contributed by atoms with E-state index in [0.717, 1.165) is 19.2 Å². The van der Waals surface area contributed by atoms with Gasteiger partial charge in [0.1, 0.15) is 9.32 Å². The predicted octanol–water partition coefficient (Wildman–Crippen LogP) is 2.27. The number of amides is 1. The third kappa shape index (κ3) is 7.41. The van der Waals surface area contributed by atoms with E-state index in [4.69, 9.17) is 21.6 Å². The van der Waals surface area contributed by atoms with E-state index in [-0.39, 0.29) is 9.81 Å². The van der Waals surface area contributed by atoms with Crippen LogP contribution in [0.2, 0.25) is 0 Å². The van der Waals surface area contributed by atoms with E-state index in [9.17, 15) is 4.79 Å². The summed E-state index contributed by atoms with van der Waals surface area (Å²) in [6.07, 6.45) is 3.87. The highest BCUT2D eigenvalue weighted by Gasteiger charge is 2.26. The van der Waals surface area contributed by atoms with Crippen LogP contribution < -0.4 is 11.5 Å². The lowest BCUT2D eigenvalue weighted by Crippen LogP contribution is -2.42. The van der Waals surface area contributed by atoms with Gasteiger partial charge in [0, 0.05) is 25.8 Å². The van der Waals surface area contributed by atoms with E-state index in [1.807, 2.05) is 43.4 Å². The molecule has 25 heavy (non-hydrogen) atoms. The van der Waals surface area contributed by atoms with E-state index in [1.54, 1.807) is 4.90 Å². The Kier molecular flexibility index (Phi) is 8.33. The quantitative estimate of drug-likeness (QED) is 0.336. The van der Waals surface area contributed by atoms with Gasteiger partial charge in [-0.15, -0.1) is 0 Å². The number of carbonyl (C=O) groups excluding carboxylic acids is 1. The maximum Gasteiger partial charge on any atom is 0.410 e. The molecule has 0 spiro atoms. The highest BCUT2D eigenvalue weighted by atomic mass is 127. The summed E-state index contributed by atoms with van der Waals surface area (Å²) in [5, 5.41) is 7.71. The lowest BCUT2D eigenvalue weighted by molar-refractivity contribution is 0.0187. The molecule has 0 aromatic rings. The number of hydrogen-bond acceptors (Lipinski definition) is 5. The summed E-state index contributed by atoms with van der Waals surface area (Å²) in [7, 11) is 0. The fourth-order valence-electron chi connectivity index (χ4n) is 2.35. The van der Waals surface area contributed by atoms with Gasteiger partial charge in [0.25, 0.3) is 0 Å². The minimum absolute atomic E-state index is 0.254. The lowest BCUT2D eigenvalue weighted by atomic mass is 9.97. The Morgan fingerprint density at radius 3 is 2.40 bits per heavy atom. The summed E-state index contributed by atoms with van der Waals surface area (Å²) in [5.74, 6) is 0.697. The van der Waals surface area contributed by atoms with Gasteiger partial charge in [-0.1, -0.05) is 0 Å². The second-order valence-electron chi connectivity index (χ2n) is 6.75. The molecule has 1 saturated heterocycles. The Labute approximate surface area is 162 Å². The highest BCUT2D eigenvalue weighted by Crippen LogP contribution is 2.20. The van der Waals surface area contributed by atoms with Crippen LogP contribution in [-0.2, 0) is 4.74 Å². The first-order valence-corrected chi connectivity index (χ1v) is 9.19. The first-order chi connectivity index (χ1) is 11.7. The Balaban J connectivity index is 2.63. The molecule has 1 heterocycles. The SMILES string of the molecule is CC(C)(C)OC(=O)N1CCC(CN=C(N=CN)/C(=C/N)C(=N)I)CC1. The number of piperidine rings is 1. The van der Waals surface area contributed by atoms with Crippen LogP contribution in [0.15, 0.2) is 21.8 Å². The number of nitrogens with zero attached hydrogens (tertiary/aromatic N) is 3. The van der Waals surface area contributed by atoms with E-state index in [0.29, 0.717) is 37.0 Å². The first-order valence-electron chi connectivity index (χ1n) is 8.11. The summed E-state index contributed by atoms with van der Waals surface area (Å²) >= 11 is 1.86. The van der Waals surface area contributed by atoms with Gasteiger partial charge in [0.05, 0.1) is 11.9 Å². The van der Waals surface area contributed by atoms with E-state index in [1.165, 1.54) is 6.20 Å². The first kappa shape index (κ1) is 21.4. The number of ether oxygens (including phenoxy) is 1. The van der Waals surface area contributed by atoms with Crippen molar-refractivity contribution in [1.29, 1.82) is 5.41 Å². The van der Waals surface area contributed by atoms with Crippen LogP contribution in [0.1, 0.15) is 33.6 Å². The van der Waals surface area contributed by atoms with E-state index >= 15 is 0 Å². The third-order valence-corrected chi connectivity index (χ3v) is 4.19. The van der Waals surface area contributed by atoms with Gasteiger partial charge < -0.3 is 21.1 Å². The molecule has 8 nitrogen and oxygen atoms in total. The van der Waals surface area contributed by atoms with Crippen LogP contribution in [0.3, 0.4) is 0 Å². The largest absolute Gasteiger partial charge is 0.444 e. The average molecular weight is 462 g/mol. The summed E-state index contributed by atoms with van der Waals surface area (Å²) in [6.45, 7) is 7.42. The van der Waals surface area contributed by atoms with Crippen LogP contribution >= 0.6 is 22.6 Å². The van der Waals surface area contributed by atoms with Crippen LogP contribution in [0.25, 0.3) is 0 Å². The summed E-state index contributed by atoms with van der Waals surface area (Å²) in [5.41, 5.74) is 10.9. The number of carbonyl (C=O) groups is 1. The molecule has 0 atom stereocenters. The predicted molar refractivity (Wildman–Crippen MR) is 110 cm³/mol. The summed E-state index contributed by atoms with van der Waals surface area (Å²) < 4.78 is 5.65. The minimum atomic E-state index is -0.484. The van der Waals surface area contributed by atoms with Gasteiger partial charge in [-0.3, -0.25) is 10.4 Å². The fraction of sp³-hybridized carbons (Fsp3) is 0.625. The van der Waals surface area contributed by atoms with Gasteiger partial charge in [0.15, 0.2) is 5.84 Å². The maximum absolute atomic E-state index is 12.1. The molecular weight excluding hydrogens is 435 g/mol. The molecule has 0 aliphatic carbocycles. The van der Waals surface area contributed by atoms with Gasteiger partial charge in [-0.2, -0.15) is 0 Å².